The second-order valence-electron chi connectivity index (χ2n) is 4.38. The molecule has 96 valence electrons. The van der Waals surface area contributed by atoms with Gasteiger partial charge in [0.25, 0.3) is 5.56 Å². The van der Waals surface area contributed by atoms with Crippen molar-refractivity contribution in [2.75, 3.05) is 0 Å². The number of aromatic nitrogens is 1. The molecule has 1 aromatic heterocycles. The van der Waals surface area contributed by atoms with Crippen LogP contribution in [-0.2, 0) is 6.54 Å². The predicted molar refractivity (Wildman–Crippen MR) is 66.7 cm³/mol. The van der Waals surface area contributed by atoms with Gasteiger partial charge in [0.15, 0.2) is 5.78 Å². The molecule has 0 unspecified atom stereocenters. The second-order valence-corrected chi connectivity index (χ2v) is 4.38. The van der Waals surface area contributed by atoms with Crippen LogP contribution < -0.4 is 5.56 Å². The molecule has 1 aromatic rings. The molecule has 0 saturated carbocycles. The Kier molecular flexibility index (Phi) is 3.92. The van der Waals surface area contributed by atoms with Crippen LogP contribution in [0, 0.1) is 24.2 Å². The number of aromatic hydroxyl groups is 1. The van der Waals surface area contributed by atoms with Crippen LogP contribution in [0.1, 0.15) is 42.3 Å². The van der Waals surface area contributed by atoms with Crippen molar-refractivity contribution >= 4 is 5.78 Å². The average molecular weight is 248 g/mol. The van der Waals surface area contributed by atoms with Crippen LogP contribution in [0.3, 0.4) is 0 Å². The fourth-order valence-electron chi connectivity index (χ4n) is 1.83. The van der Waals surface area contributed by atoms with Crippen LogP contribution >= 0.6 is 0 Å². The molecule has 0 aliphatic heterocycles. The number of carbonyl (C=O) groups is 1. The molecule has 1 N–H and O–H groups in total. The molecule has 0 radical (unpaired) electrons. The Morgan fingerprint density at radius 1 is 1.50 bits per heavy atom. The van der Waals surface area contributed by atoms with Crippen LogP contribution in [0.4, 0.5) is 0 Å². The zero-order valence-corrected chi connectivity index (χ0v) is 10.9. The number of nitriles is 1. The lowest BCUT2D eigenvalue weighted by atomic mass is 9.95. The summed E-state index contributed by atoms with van der Waals surface area (Å²) in [4.78, 5) is 23.9. The van der Waals surface area contributed by atoms with E-state index in [0.29, 0.717) is 0 Å². The Morgan fingerprint density at radius 2 is 2.06 bits per heavy atom. The summed E-state index contributed by atoms with van der Waals surface area (Å²) in [7, 11) is 0. The minimum Gasteiger partial charge on any atom is -0.494 e. The summed E-state index contributed by atoms with van der Waals surface area (Å²) < 4.78 is 1.04. The van der Waals surface area contributed by atoms with E-state index in [-0.39, 0.29) is 40.8 Å². The van der Waals surface area contributed by atoms with Crippen molar-refractivity contribution in [3.05, 3.63) is 27.0 Å². The van der Waals surface area contributed by atoms with Gasteiger partial charge in [-0.15, -0.1) is 0 Å². The van der Waals surface area contributed by atoms with E-state index < -0.39 is 5.56 Å². The van der Waals surface area contributed by atoms with Crippen molar-refractivity contribution in [1.82, 2.24) is 4.57 Å². The van der Waals surface area contributed by atoms with Crippen LogP contribution in [0.15, 0.2) is 4.79 Å². The topological polar surface area (TPSA) is 83.1 Å². The Balaban J connectivity index is 3.79. The molecule has 18 heavy (non-hydrogen) atoms. The van der Waals surface area contributed by atoms with Gasteiger partial charge in [0, 0.05) is 12.5 Å². The monoisotopic (exact) mass is 248 g/mol. The standard InChI is InChI=1S/C13H16N2O3/c1-5-15-12(17)9(6-14)8(4)10(13(15)18)11(16)7(2)3/h7,18H,5H2,1-4H3. The van der Waals surface area contributed by atoms with E-state index in [9.17, 15) is 14.7 Å². The first-order valence-electron chi connectivity index (χ1n) is 5.77. The summed E-state index contributed by atoms with van der Waals surface area (Å²) in [5.41, 5.74) is -0.319. The lowest BCUT2D eigenvalue weighted by molar-refractivity contribution is 0.0934. The first-order valence-corrected chi connectivity index (χ1v) is 5.77. The van der Waals surface area contributed by atoms with E-state index in [0.717, 1.165) is 4.57 Å². The third kappa shape index (κ3) is 2.02. The maximum Gasteiger partial charge on any atom is 0.271 e. The molecule has 1 heterocycles. The molecule has 0 aliphatic rings. The number of carbonyl (C=O) groups excluding carboxylic acids is 1. The largest absolute Gasteiger partial charge is 0.494 e. The molecule has 0 atom stereocenters. The Labute approximate surface area is 105 Å². The SMILES string of the molecule is CCn1c(O)c(C(=O)C(C)C)c(C)c(C#N)c1=O. The highest BCUT2D eigenvalue weighted by Gasteiger charge is 2.24. The van der Waals surface area contributed by atoms with Crippen molar-refractivity contribution in [2.45, 2.75) is 34.2 Å². The predicted octanol–water partition coefficient (Wildman–Crippen LogP) is 1.59. The number of ketones is 1. The number of pyridine rings is 1. The van der Waals surface area contributed by atoms with Crippen molar-refractivity contribution in [3.8, 4) is 11.9 Å². The number of hydrogen-bond acceptors (Lipinski definition) is 4. The summed E-state index contributed by atoms with van der Waals surface area (Å²) in [6.45, 7) is 6.79. The highest BCUT2D eigenvalue weighted by atomic mass is 16.3. The van der Waals surface area contributed by atoms with Crippen LogP contribution in [0.25, 0.3) is 0 Å². The van der Waals surface area contributed by atoms with E-state index in [4.69, 9.17) is 5.26 Å². The molecule has 0 aliphatic carbocycles. The van der Waals surface area contributed by atoms with E-state index in [2.05, 4.69) is 0 Å². The molecular weight excluding hydrogens is 232 g/mol. The van der Waals surface area contributed by atoms with E-state index >= 15 is 0 Å². The molecule has 1 rings (SSSR count). The average Bonchev–Trinajstić information content (AvgIpc) is 2.29. The molecule has 5 heteroatoms. The summed E-state index contributed by atoms with van der Waals surface area (Å²) in [5, 5.41) is 19.0. The molecule has 0 saturated heterocycles. The van der Waals surface area contributed by atoms with Gasteiger partial charge in [-0.1, -0.05) is 13.8 Å². The van der Waals surface area contributed by atoms with Gasteiger partial charge in [0.05, 0.1) is 5.56 Å². The van der Waals surface area contributed by atoms with Gasteiger partial charge in [-0.3, -0.25) is 14.2 Å². The van der Waals surface area contributed by atoms with Gasteiger partial charge >= 0.3 is 0 Å². The number of rotatable bonds is 3. The van der Waals surface area contributed by atoms with Crippen molar-refractivity contribution in [3.63, 3.8) is 0 Å². The van der Waals surface area contributed by atoms with Gasteiger partial charge < -0.3 is 5.11 Å². The van der Waals surface area contributed by atoms with Crippen molar-refractivity contribution < 1.29 is 9.90 Å². The Morgan fingerprint density at radius 3 is 2.44 bits per heavy atom. The lowest BCUT2D eigenvalue weighted by Gasteiger charge is -2.15. The molecule has 0 amide bonds. The maximum absolute atomic E-state index is 12.0. The molecule has 5 nitrogen and oxygen atoms in total. The van der Waals surface area contributed by atoms with E-state index in [1.54, 1.807) is 26.8 Å². The van der Waals surface area contributed by atoms with E-state index in [1.165, 1.54) is 6.92 Å². The number of nitrogens with zero attached hydrogens (tertiary/aromatic N) is 2. The molecule has 0 bridgehead atoms. The second kappa shape index (κ2) is 5.05. The van der Waals surface area contributed by atoms with Crippen LogP contribution in [0.5, 0.6) is 5.88 Å². The highest BCUT2D eigenvalue weighted by molar-refractivity contribution is 6.01. The smallest absolute Gasteiger partial charge is 0.271 e. The Hall–Kier alpha value is -2.09. The third-order valence-corrected chi connectivity index (χ3v) is 2.89. The third-order valence-electron chi connectivity index (χ3n) is 2.89. The van der Waals surface area contributed by atoms with Crippen molar-refractivity contribution in [2.24, 2.45) is 5.92 Å². The van der Waals surface area contributed by atoms with Gasteiger partial charge in [0.2, 0.25) is 5.88 Å². The zero-order valence-electron chi connectivity index (χ0n) is 10.9. The summed E-state index contributed by atoms with van der Waals surface area (Å²) in [6, 6.07) is 1.80. The molecule has 0 spiro atoms. The van der Waals surface area contributed by atoms with Gasteiger partial charge in [-0.2, -0.15) is 5.26 Å². The maximum atomic E-state index is 12.0. The quantitative estimate of drug-likeness (QED) is 0.823. The first-order chi connectivity index (χ1) is 8.36. The van der Waals surface area contributed by atoms with Crippen LogP contribution in [-0.4, -0.2) is 15.5 Å². The van der Waals surface area contributed by atoms with Gasteiger partial charge in [-0.25, -0.2) is 0 Å². The first kappa shape index (κ1) is 14.0. The van der Waals surface area contributed by atoms with Crippen molar-refractivity contribution in [1.29, 1.82) is 5.26 Å². The Bertz CT molecular complexity index is 592. The van der Waals surface area contributed by atoms with Crippen LogP contribution in [0.2, 0.25) is 0 Å². The molecular formula is C13H16N2O3. The highest BCUT2D eigenvalue weighted by Crippen LogP contribution is 2.24. The van der Waals surface area contributed by atoms with Gasteiger partial charge in [0.1, 0.15) is 11.6 Å². The normalized spacial score (nSPS) is 10.4. The fourth-order valence-corrected chi connectivity index (χ4v) is 1.83. The summed E-state index contributed by atoms with van der Waals surface area (Å²) >= 11 is 0. The number of Topliss-reactive ketones (excluding diaryl/α,β-unsaturated/α-hetero) is 1. The zero-order chi connectivity index (χ0) is 14.0. The van der Waals surface area contributed by atoms with E-state index in [1.807, 2.05) is 0 Å². The summed E-state index contributed by atoms with van der Waals surface area (Å²) in [5.74, 6) is -0.939. The minimum absolute atomic E-state index is 0.0722. The lowest BCUT2D eigenvalue weighted by Crippen LogP contribution is -2.26. The number of hydrogen-bond donors (Lipinski definition) is 1. The van der Waals surface area contributed by atoms with Gasteiger partial charge in [-0.05, 0) is 19.4 Å². The fraction of sp³-hybridized carbons (Fsp3) is 0.462. The summed E-state index contributed by atoms with van der Waals surface area (Å²) in [6.07, 6.45) is 0. The molecule has 0 fully saturated rings. The molecule has 0 aromatic carbocycles. The minimum atomic E-state index is -0.560.